The van der Waals surface area contributed by atoms with Gasteiger partial charge in [0.15, 0.2) is 0 Å². The number of oxime groups is 1. The van der Waals surface area contributed by atoms with Gasteiger partial charge in [0.05, 0.1) is 5.56 Å². The van der Waals surface area contributed by atoms with Gasteiger partial charge in [-0.15, -0.1) is 0 Å². The van der Waals surface area contributed by atoms with E-state index in [9.17, 15) is 4.79 Å². The van der Waals surface area contributed by atoms with Crippen LogP contribution in [0.15, 0.2) is 33.9 Å². The molecule has 0 spiro atoms. The molecule has 1 rings (SSSR count). The molecule has 4 N–H and O–H groups in total. The zero-order chi connectivity index (χ0) is 13.5. The number of hydrogen-bond acceptors (Lipinski definition) is 3. The molecule has 1 aromatic rings. The molecule has 0 bridgehead atoms. The normalized spacial score (nSPS) is 13.1. The number of nitrogens with one attached hydrogen (secondary N) is 1. The van der Waals surface area contributed by atoms with Crippen LogP contribution in [0.3, 0.4) is 0 Å². The van der Waals surface area contributed by atoms with Crippen molar-refractivity contribution in [3.05, 3.63) is 34.3 Å². The molecule has 6 heteroatoms. The lowest BCUT2D eigenvalue weighted by molar-refractivity contribution is 0.0936. The Balaban J connectivity index is 2.71. The maximum Gasteiger partial charge on any atom is 0.252 e. The van der Waals surface area contributed by atoms with Gasteiger partial charge < -0.3 is 16.3 Å². The number of nitrogens with two attached hydrogens (primary N) is 1. The Morgan fingerprint density at radius 2 is 2.22 bits per heavy atom. The Morgan fingerprint density at radius 1 is 1.56 bits per heavy atom. The number of benzene rings is 1. The van der Waals surface area contributed by atoms with Crippen molar-refractivity contribution in [2.75, 3.05) is 0 Å². The first-order valence-corrected chi connectivity index (χ1v) is 6.39. The maximum atomic E-state index is 12.0. The number of amides is 1. The average molecular weight is 314 g/mol. The van der Waals surface area contributed by atoms with Crippen molar-refractivity contribution in [1.82, 2.24) is 5.32 Å². The van der Waals surface area contributed by atoms with Gasteiger partial charge in [-0.3, -0.25) is 4.79 Å². The second-order valence-electron chi connectivity index (χ2n) is 3.85. The van der Waals surface area contributed by atoms with E-state index in [0.717, 1.165) is 4.47 Å². The summed E-state index contributed by atoms with van der Waals surface area (Å²) in [6, 6.07) is 7.02. The molecule has 0 aliphatic carbocycles. The second kappa shape index (κ2) is 7.00. The van der Waals surface area contributed by atoms with Crippen LogP contribution in [-0.4, -0.2) is 23.0 Å². The number of nitrogens with zero attached hydrogens (tertiary/aromatic N) is 1. The molecular weight excluding hydrogens is 298 g/mol. The number of amidine groups is 1. The van der Waals surface area contributed by atoms with Gasteiger partial charge in [0.25, 0.3) is 5.91 Å². The van der Waals surface area contributed by atoms with Gasteiger partial charge in [0, 0.05) is 16.9 Å². The highest BCUT2D eigenvalue weighted by molar-refractivity contribution is 9.10. The predicted octanol–water partition coefficient (Wildman–Crippen LogP) is 2.09. The van der Waals surface area contributed by atoms with Crippen molar-refractivity contribution in [3.8, 4) is 0 Å². The summed E-state index contributed by atoms with van der Waals surface area (Å²) in [6.07, 6.45) is 1.02. The van der Waals surface area contributed by atoms with Gasteiger partial charge in [-0.2, -0.15) is 0 Å². The number of hydrogen-bond donors (Lipinski definition) is 3. The highest BCUT2D eigenvalue weighted by Gasteiger charge is 2.15. The molecule has 1 amide bonds. The minimum Gasteiger partial charge on any atom is -0.409 e. The van der Waals surface area contributed by atoms with Gasteiger partial charge >= 0.3 is 0 Å². The van der Waals surface area contributed by atoms with Crippen molar-refractivity contribution in [2.45, 2.75) is 25.8 Å². The summed E-state index contributed by atoms with van der Waals surface area (Å²) in [5.74, 6) is -0.0747. The van der Waals surface area contributed by atoms with Crippen LogP contribution in [0.4, 0.5) is 0 Å². The standard InChI is InChI=1S/C12H16BrN3O2/c1-2-8(7-11(14)16-18)15-12(17)9-5-3-4-6-10(9)13/h3-6,8,18H,2,7H2,1H3,(H2,14,16)(H,15,17). The predicted molar refractivity (Wildman–Crippen MR) is 73.7 cm³/mol. The summed E-state index contributed by atoms with van der Waals surface area (Å²) in [7, 11) is 0. The molecule has 0 fully saturated rings. The minimum absolute atomic E-state index is 0.106. The molecule has 0 saturated carbocycles. The molecule has 0 aliphatic rings. The first kappa shape index (κ1) is 14.5. The molecule has 0 heterocycles. The first-order chi connectivity index (χ1) is 8.58. The lowest BCUT2D eigenvalue weighted by Gasteiger charge is -2.16. The molecule has 1 atom stereocenters. The zero-order valence-electron chi connectivity index (χ0n) is 10.1. The number of carbonyl (C=O) groups is 1. The van der Waals surface area contributed by atoms with E-state index in [2.05, 4.69) is 26.4 Å². The van der Waals surface area contributed by atoms with E-state index in [1.807, 2.05) is 13.0 Å². The molecule has 0 saturated heterocycles. The Hall–Kier alpha value is -1.56. The Bertz CT molecular complexity index is 449. The molecule has 0 aliphatic heterocycles. The van der Waals surface area contributed by atoms with Crippen LogP contribution in [0.2, 0.25) is 0 Å². The summed E-state index contributed by atoms with van der Waals surface area (Å²) in [6.45, 7) is 1.93. The number of carbonyl (C=O) groups excluding carboxylic acids is 1. The fraction of sp³-hybridized carbons (Fsp3) is 0.333. The highest BCUT2D eigenvalue weighted by atomic mass is 79.9. The van der Waals surface area contributed by atoms with Crippen LogP contribution in [0, 0.1) is 0 Å². The molecule has 98 valence electrons. The third kappa shape index (κ3) is 4.03. The van der Waals surface area contributed by atoms with Gasteiger partial charge in [0.2, 0.25) is 0 Å². The fourth-order valence-electron chi connectivity index (χ4n) is 1.50. The third-order valence-corrected chi connectivity index (χ3v) is 3.22. The van der Waals surface area contributed by atoms with Crippen molar-refractivity contribution in [1.29, 1.82) is 0 Å². The van der Waals surface area contributed by atoms with Crippen LogP contribution in [0.5, 0.6) is 0 Å². The SMILES string of the molecule is CCC(C/C(N)=N/O)NC(=O)c1ccccc1Br. The topological polar surface area (TPSA) is 87.7 Å². The molecular formula is C12H16BrN3O2. The van der Waals surface area contributed by atoms with Crippen LogP contribution < -0.4 is 11.1 Å². The van der Waals surface area contributed by atoms with Gasteiger partial charge in [-0.05, 0) is 34.5 Å². The molecule has 0 aromatic heterocycles. The van der Waals surface area contributed by atoms with Crippen molar-refractivity contribution in [2.24, 2.45) is 10.9 Å². The lowest BCUT2D eigenvalue weighted by Crippen LogP contribution is -2.37. The van der Waals surface area contributed by atoms with Gasteiger partial charge in [-0.1, -0.05) is 24.2 Å². The molecule has 1 aromatic carbocycles. The lowest BCUT2D eigenvalue weighted by atomic mass is 10.1. The molecule has 5 nitrogen and oxygen atoms in total. The average Bonchev–Trinajstić information content (AvgIpc) is 2.38. The van der Waals surface area contributed by atoms with Gasteiger partial charge in [-0.25, -0.2) is 0 Å². The van der Waals surface area contributed by atoms with Crippen LogP contribution in [0.1, 0.15) is 30.1 Å². The highest BCUT2D eigenvalue weighted by Crippen LogP contribution is 2.16. The summed E-state index contributed by atoms with van der Waals surface area (Å²) >= 11 is 3.32. The van der Waals surface area contributed by atoms with Gasteiger partial charge in [0.1, 0.15) is 5.84 Å². The maximum absolute atomic E-state index is 12.0. The van der Waals surface area contributed by atoms with E-state index in [1.54, 1.807) is 18.2 Å². The smallest absolute Gasteiger partial charge is 0.252 e. The molecule has 1 unspecified atom stereocenters. The molecule has 0 radical (unpaired) electrons. The second-order valence-corrected chi connectivity index (χ2v) is 4.71. The Kier molecular flexibility index (Phi) is 5.64. The number of rotatable bonds is 5. The van der Waals surface area contributed by atoms with E-state index in [4.69, 9.17) is 10.9 Å². The fourth-order valence-corrected chi connectivity index (χ4v) is 1.96. The van der Waals surface area contributed by atoms with E-state index in [1.165, 1.54) is 0 Å². The van der Waals surface area contributed by atoms with E-state index >= 15 is 0 Å². The quantitative estimate of drug-likeness (QED) is 0.336. The number of halogens is 1. The monoisotopic (exact) mass is 313 g/mol. The third-order valence-electron chi connectivity index (χ3n) is 2.53. The first-order valence-electron chi connectivity index (χ1n) is 5.60. The summed E-state index contributed by atoms with van der Waals surface area (Å²) < 4.78 is 0.737. The van der Waals surface area contributed by atoms with Crippen molar-refractivity contribution >= 4 is 27.7 Å². The van der Waals surface area contributed by atoms with Crippen LogP contribution in [-0.2, 0) is 0 Å². The van der Waals surface area contributed by atoms with Crippen molar-refractivity contribution in [3.63, 3.8) is 0 Å². The minimum atomic E-state index is -0.180. The molecule has 18 heavy (non-hydrogen) atoms. The van der Waals surface area contributed by atoms with Crippen molar-refractivity contribution < 1.29 is 10.0 Å². The summed E-state index contributed by atoms with van der Waals surface area (Å²) in [4.78, 5) is 12.0. The van der Waals surface area contributed by atoms with E-state index in [0.29, 0.717) is 18.4 Å². The van der Waals surface area contributed by atoms with Crippen LogP contribution >= 0.6 is 15.9 Å². The largest absolute Gasteiger partial charge is 0.409 e. The summed E-state index contributed by atoms with van der Waals surface area (Å²) in [5, 5.41) is 14.3. The van der Waals surface area contributed by atoms with E-state index < -0.39 is 0 Å². The van der Waals surface area contributed by atoms with E-state index in [-0.39, 0.29) is 17.8 Å². The Morgan fingerprint density at radius 3 is 2.78 bits per heavy atom. The zero-order valence-corrected chi connectivity index (χ0v) is 11.6. The summed E-state index contributed by atoms with van der Waals surface area (Å²) in [5.41, 5.74) is 6.00. The van der Waals surface area contributed by atoms with Crippen LogP contribution in [0.25, 0.3) is 0 Å². The Labute approximate surface area is 114 Å².